The van der Waals surface area contributed by atoms with Crippen LogP contribution in [0.3, 0.4) is 0 Å². The summed E-state index contributed by atoms with van der Waals surface area (Å²) in [4.78, 5) is 26.4. The van der Waals surface area contributed by atoms with Gasteiger partial charge >= 0.3 is 41.5 Å². The predicted octanol–water partition coefficient (Wildman–Crippen LogP) is -4.16. The summed E-state index contributed by atoms with van der Waals surface area (Å²) >= 11 is 0. The minimum atomic E-state index is -5.44. The molecule has 8 fully saturated rings. The molecule has 28 unspecified atom stereocenters. The number of hydrogen-bond donors (Lipinski definition) is 10. The second-order valence-corrected chi connectivity index (χ2v) is 27.8. The number of carbonyl (C=O) groups excluding carboxylic acids is 2. The maximum absolute atomic E-state index is 14.6. The van der Waals surface area contributed by atoms with Crippen molar-refractivity contribution in [2.75, 3.05) is 26.9 Å². The first-order chi connectivity index (χ1) is 39.1. The molecule has 0 bridgehead atoms. The third-order valence-corrected chi connectivity index (χ3v) is 21.5. The molecule has 0 radical (unpaired) electrons. The Balaban J connectivity index is 0.00000940. The number of aliphatic hydroxyl groups is 10. The molecule has 0 amide bonds. The quantitative estimate of drug-likeness (QED) is 0.0205. The Morgan fingerprint density at radius 3 is 1.94 bits per heavy atom. The molecule has 5 aliphatic heterocycles. The first-order valence-corrected chi connectivity index (χ1v) is 30.6. The average Bonchev–Trinajstić information content (AvgIpc) is 1.55. The third kappa shape index (κ3) is 12.4. The maximum atomic E-state index is 14.6. The predicted molar refractivity (Wildman–Crippen MR) is 281 cm³/mol. The SMILES string of the molecule is COC1C(O)C(CO)OC(OC2C(O)C(CO)OC(OC3C(C)OC(OC4C(OC5CCC6(C)C7CC(O)C89C(=O)OC(C)(CCCC(C)(C)OC(C)=O)C8CCC9(C)C7=CCC6C5(C)C)OCC(OS(=O)(=O)[O-])C4O)C(O)C3O)C2O)C1O.[Na+]. The standard InChI is InChI=1S/C56H90O27S.Na/c1-24-42(78-48-41(67)44(36(62)29(22-58)76-48)79-47-40(66)43(72-10)35(61)28(21-57)75-47)38(64)39(65)46(74-24)80-45-37(63)30(83-84(69,70)71)23-73-49(45)77-34-15-18-53(7)27-20-33(60)56-32(14-19-54(56,8)26(27)12-13-31(53)52(34,5)6)55(9,82-50(56)68)17-11-16-51(3,4)81-25(2)59;/h12,24,27-49,57-58,60-67H,11,13-23H2,1-10H3,(H,69,70,71);/q;+1/p-1. The topological polar surface area (TPSA) is 404 Å². The second-order valence-electron chi connectivity index (χ2n) is 26.8. The fraction of sp³-hybridized carbons (Fsp3) is 0.929. The molecule has 29 heteroatoms. The van der Waals surface area contributed by atoms with E-state index in [0.717, 1.165) is 5.57 Å². The molecule has 10 N–H and O–H groups in total. The van der Waals surface area contributed by atoms with E-state index in [9.17, 15) is 73.6 Å². The van der Waals surface area contributed by atoms with Gasteiger partial charge in [-0.1, -0.05) is 39.3 Å². The number of hydrogen-bond acceptors (Lipinski definition) is 27. The smallest absolute Gasteiger partial charge is 0.726 e. The zero-order chi connectivity index (χ0) is 61.8. The van der Waals surface area contributed by atoms with E-state index >= 15 is 0 Å². The molecule has 27 nitrogen and oxygen atoms in total. The second kappa shape index (κ2) is 25.7. The van der Waals surface area contributed by atoms with Crippen molar-refractivity contribution in [3.8, 4) is 0 Å². The summed E-state index contributed by atoms with van der Waals surface area (Å²) in [5, 5.41) is 112. The number of esters is 2. The van der Waals surface area contributed by atoms with Crippen molar-refractivity contribution >= 4 is 22.3 Å². The molecule has 9 rings (SSSR count). The van der Waals surface area contributed by atoms with Gasteiger partial charge in [0.1, 0.15) is 102 Å². The van der Waals surface area contributed by atoms with Crippen LogP contribution in [-0.4, -0.2) is 243 Å². The van der Waals surface area contributed by atoms with E-state index in [2.05, 4.69) is 24.1 Å². The van der Waals surface area contributed by atoms with Crippen LogP contribution in [0.15, 0.2) is 11.6 Å². The summed E-state index contributed by atoms with van der Waals surface area (Å²) < 4.78 is 106. The van der Waals surface area contributed by atoms with Crippen molar-refractivity contribution in [3.05, 3.63) is 11.6 Å². The van der Waals surface area contributed by atoms with Crippen LogP contribution in [0.2, 0.25) is 0 Å². The van der Waals surface area contributed by atoms with E-state index in [1.54, 1.807) is 0 Å². The Labute approximate surface area is 517 Å². The van der Waals surface area contributed by atoms with Crippen LogP contribution in [-0.2, 0) is 76.3 Å². The third-order valence-electron chi connectivity index (χ3n) is 21.0. The number of allylic oxidation sites excluding steroid dienone is 2. The van der Waals surface area contributed by atoms with Crippen LogP contribution in [0.5, 0.6) is 0 Å². The van der Waals surface area contributed by atoms with E-state index in [1.165, 1.54) is 21.0 Å². The van der Waals surface area contributed by atoms with E-state index in [1.807, 2.05) is 34.6 Å². The molecule has 482 valence electrons. The molecule has 1 spiro atoms. The normalized spacial score (nSPS) is 48.8. The fourth-order valence-electron chi connectivity index (χ4n) is 16.8. The molecule has 4 aliphatic carbocycles. The van der Waals surface area contributed by atoms with Gasteiger partial charge in [0.05, 0.1) is 38.1 Å². The van der Waals surface area contributed by atoms with Gasteiger partial charge < -0.3 is 108 Å². The van der Waals surface area contributed by atoms with E-state index in [0.29, 0.717) is 57.8 Å². The van der Waals surface area contributed by atoms with Crippen LogP contribution in [0.25, 0.3) is 0 Å². The van der Waals surface area contributed by atoms with Gasteiger partial charge in [0, 0.05) is 25.4 Å². The van der Waals surface area contributed by atoms with Crippen LogP contribution in [0.4, 0.5) is 0 Å². The van der Waals surface area contributed by atoms with Crippen LogP contribution < -0.4 is 29.6 Å². The van der Waals surface area contributed by atoms with Crippen molar-refractivity contribution in [3.63, 3.8) is 0 Å². The Bertz CT molecular complexity index is 2510. The van der Waals surface area contributed by atoms with Gasteiger partial charge in [-0.15, -0.1) is 0 Å². The molecule has 0 aromatic carbocycles. The van der Waals surface area contributed by atoms with Crippen molar-refractivity contribution in [2.24, 2.45) is 39.4 Å². The zero-order valence-electron chi connectivity index (χ0n) is 50.2. The van der Waals surface area contributed by atoms with Crippen LogP contribution >= 0.6 is 0 Å². The zero-order valence-corrected chi connectivity index (χ0v) is 53.1. The summed E-state index contributed by atoms with van der Waals surface area (Å²) in [6, 6.07) is 0. The first-order valence-electron chi connectivity index (χ1n) is 29.3. The molecule has 3 saturated carbocycles. The minimum Gasteiger partial charge on any atom is -0.726 e. The summed E-state index contributed by atoms with van der Waals surface area (Å²) in [5.41, 5.74) is -3.42. The Hall–Kier alpha value is -1.21. The van der Waals surface area contributed by atoms with Gasteiger partial charge in [0.25, 0.3) is 0 Å². The van der Waals surface area contributed by atoms with Gasteiger partial charge in [0.2, 0.25) is 10.4 Å². The molecular formula is C56H89NaO27S. The molecule has 5 saturated heterocycles. The molecule has 0 aromatic rings. The van der Waals surface area contributed by atoms with Gasteiger partial charge in [0.15, 0.2) is 25.2 Å². The minimum absolute atomic E-state index is 0. The van der Waals surface area contributed by atoms with Crippen LogP contribution in [0.1, 0.15) is 120 Å². The number of methoxy groups -OCH3 is 1. The van der Waals surface area contributed by atoms with E-state index in [-0.39, 0.29) is 59.2 Å². The van der Waals surface area contributed by atoms with Crippen molar-refractivity contribution < 1.29 is 159 Å². The number of fused-ring (bicyclic) bond motifs is 4. The molecule has 5 heterocycles. The van der Waals surface area contributed by atoms with Crippen molar-refractivity contribution in [1.29, 1.82) is 0 Å². The Morgan fingerprint density at radius 1 is 0.753 bits per heavy atom. The molecule has 9 aliphatic rings. The van der Waals surface area contributed by atoms with Gasteiger partial charge in [-0.05, 0) is 108 Å². The van der Waals surface area contributed by atoms with Crippen molar-refractivity contribution in [2.45, 2.75) is 260 Å². The number of cyclic esters (lactones) is 1. The van der Waals surface area contributed by atoms with Gasteiger partial charge in [-0.3, -0.25) is 13.8 Å². The summed E-state index contributed by atoms with van der Waals surface area (Å²) in [6.45, 7) is 14.6. The monoisotopic (exact) mass is 1250 g/mol. The number of aliphatic hydroxyl groups excluding tert-OH is 10. The van der Waals surface area contributed by atoms with Gasteiger partial charge in [-0.2, -0.15) is 0 Å². The van der Waals surface area contributed by atoms with Gasteiger partial charge in [-0.25, -0.2) is 8.42 Å². The number of ether oxygens (including phenoxy) is 11. The van der Waals surface area contributed by atoms with E-state index in [4.69, 9.17) is 52.1 Å². The summed E-state index contributed by atoms with van der Waals surface area (Å²) in [5.74, 6) is -1.25. The number of carbonyl (C=O) groups is 2. The largest absolute Gasteiger partial charge is 1.00 e. The van der Waals surface area contributed by atoms with Crippen molar-refractivity contribution in [1.82, 2.24) is 0 Å². The molecule has 28 atom stereocenters. The number of rotatable bonds is 18. The van der Waals surface area contributed by atoms with E-state index < -0.39 is 192 Å². The summed E-state index contributed by atoms with van der Waals surface area (Å²) in [7, 11) is -4.26. The molecular weight excluding hydrogens is 1160 g/mol. The summed E-state index contributed by atoms with van der Waals surface area (Å²) in [6.07, 6.45) is -26.9. The average molecular weight is 1250 g/mol. The molecule has 85 heavy (non-hydrogen) atoms. The maximum Gasteiger partial charge on any atom is 1.00 e. The van der Waals surface area contributed by atoms with Crippen LogP contribution in [0, 0.1) is 39.4 Å². The fourth-order valence-corrected chi connectivity index (χ4v) is 17.3. The molecule has 0 aromatic heterocycles. The Morgan fingerprint density at radius 2 is 1.34 bits per heavy atom. The first kappa shape index (κ1) is 69.7. The Kier molecular flexibility index (Phi) is 21.1.